The number of amides is 1. The van der Waals surface area contributed by atoms with Crippen molar-refractivity contribution in [1.82, 2.24) is 4.72 Å². The summed E-state index contributed by atoms with van der Waals surface area (Å²) in [5, 5.41) is 11.1. The number of rotatable bonds is 4. The molecule has 0 bridgehead atoms. The average Bonchev–Trinajstić information content (AvgIpc) is 2.48. The molecule has 0 saturated carbocycles. The summed E-state index contributed by atoms with van der Waals surface area (Å²) >= 11 is 0. The Labute approximate surface area is 125 Å². The molecule has 112 valence electrons. The maximum Gasteiger partial charge on any atom is 0.271 e. The summed E-state index contributed by atoms with van der Waals surface area (Å²) in [7, 11) is -4.10. The Morgan fingerprint density at radius 3 is 2.50 bits per heavy atom. The zero-order valence-electron chi connectivity index (χ0n) is 11.0. The van der Waals surface area contributed by atoms with Crippen molar-refractivity contribution < 1.29 is 22.7 Å². The van der Waals surface area contributed by atoms with Gasteiger partial charge in [0, 0.05) is 6.07 Å². The fourth-order valence-electron chi connectivity index (χ4n) is 1.58. The number of nitrogens with zero attached hydrogens (tertiary/aromatic N) is 2. The highest BCUT2D eigenvalue weighted by Crippen LogP contribution is 2.16. The van der Waals surface area contributed by atoms with Gasteiger partial charge < -0.3 is 5.21 Å². The molecule has 1 N–H and O–H groups in total. The number of hydrogen-bond donors (Lipinski definition) is 1. The van der Waals surface area contributed by atoms with E-state index in [9.17, 15) is 23.2 Å². The van der Waals surface area contributed by atoms with Gasteiger partial charge in [-0.15, -0.1) is 0 Å². The first-order valence-corrected chi connectivity index (χ1v) is 7.34. The number of nitrogens with one attached hydrogen (secondary N) is 1. The Kier molecular flexibility index (Phi) is 4.31. The van der Waals surface area contributed by atoms with Crippen LogP contribution in [0.2, 0.25) is 0 Å². The van der Waals surface area contributed by atoms with Gasteiger partial charge in [-0.1, -0.05) is 0 Å². The standard InChI is InChI=1S/C13H9N3O5S/c17-9-14-11-3-5-12(6-4-11)22(20,21)15-13(18)10-2-1-7-16(19)8-10/h1-8H,(H,15,18). The van der Waals surface area contributed by atoms with Gasteiger partial charge in [-0.2, -0.15) is 9.72 Å². The summed E-state index contributed by atoms with van der Waals surface area (Å²) in [5.74, 6) is -0.930. The molecular weight excluding hydrogens is 310 g/mol. The van der Waals surface area contributed by atoms with Crippen LogP contribution < -0.4 is 9.45 Å². The van der Waals surface area contributed by atoms with Crippen molar-refractivity contribution >= 4 is 27.7 Å². The summed E-state index contributed by atoms with van der Waals surface area (Å²) in [6.45, 7) is 0. The van der Waals surface area contributed by atoms with E-state index in [1.54, 1.807) is 0 Å². The first kappa shape index (κ1) is 15.4. The minimum absolute atomic E-state index is 0.0942. The second-order valence-electron chi connectivity index (χ2n) is 4.08. The van der Waals surface area contributed by atoms with Crippen molar-refractivity contribution in [1.29, 1.82) is 0 Å². The highest BCUT2D eigenvalue weighted by Gasteiger charge is 2.19. The third-order valence-corrected chi connectivity index (χ3v) is 3.93. The van der Waals surface area contributed by atoms with Crippen molar-refractivity contribution in [2.75, 3.05) is 0 Å². The van der Waals surface area contributed by atoms with Gasteiger partial charge in [0.15, 0.2) is 12.4 Å². The van der Waals surface area contributed by atoms with Crippen LogP contribution in [0.15, 0.2) is 58.7 Å². The van der Waals surface area contributed by atoms with Gasteiger partial charge in [-0.25, -0.2) is 17.9 Å². The number of carbonyl (C=O) groups excluding carboxylic acids is 2. The van der Waals surface area contributed by atoms with Gasteiger partial charge >= 0.3 is 0 Å². The van der Waals surface area contributed by atoms with Gasteiger partial charge in [-0.3, -0.25) is 4.79 Å². The summed E-state index contributed by atoms with van der Waals surface area (Å²) in [5.41, 5.74) is 0.138. The lowest BCUT2D eigenvalue weighted by molar-refractivity contribution is -0.605. The second kappa shape index (κ2) is 6.17. The minimum atomic E-state index is -4.10. The molecule has 0 aliphatic heterocycles. The molecule has 1 amide bonds. The predicted octanol–water partition coefficient (Wildman–Crippen LogP) is 0.406. The van der Waals surface area contributed by atoms with Crippen LogP contribution in [0, 0.1) is 5.21 Å². The minimum Gasteiger partial charge on any atom is -0.619 e. The molecule has 0 atom stereocenters. The van der Waals surface area contributed by atoms with E-state index in [0.29, 0.717) is 4.73 Å². The van der Waals surface area contributed by atoms with E-state index >= 15 is 0 Å². The van der Waals surface area contributed by atoms with Crippen LogP contribution in [0.25, 0.3) is 0 Å². The highest BCUT2D eigenvalue weighted by atomic mass is 32.2. The number of carbonyl (C=O) groups is 1. The Hall–Kier alpha value is -3.03. The molecule has 1 heterocycles. The van der Waals surface area contributed by atoms with E-state index in [1.165, 1.54) is 42.5 Å². The number of aliphatic imine (C=N–C) groups is 1. The Balaban J connectivity index is 2.23. The van der Waals surface area contributed by atoms with Crippen molar-refractivity contribution in [2.24, 2.45) is 4.99 Å². The molecular formula is C13H9N3O5S. The predicted molar refractivity (Wildman–Crippen MR) is 74.3 cm³/mol. The molecule has 0 radical (unpaired) electrons. The van der Waals surface area contributed by atoms with Gasteiger partial charge in [0.1, 0.15) is 5.56 Å². The lowest BCUT2D eigenvalue weighted by Gasteiger charge is -2.06. The van der Waals surface area contributed by atoms with E-state index in [0.717, 1.165) is 12.4 Å². The van der Waals surface area contributed by atoms with Gasteiger partial charge in [0.25, 0.3) is 15.9 Å². The first-order valence-electron chi connectivity index (χ1n) is 5.86. The molecule has 0 fully saturated rings. The van der Waals surface area contributed by atoms with E-state index in [-0.39, 0.29) is 16.1 Å². The lowest BCUT2D eigenvalue weighted by Crippen LogP contribution is -2.33. The normalized spacial score (nSPS) is 10.5. The topological polar surface area (TPSA) is 120 Å². The number of sulfonamides is 1. The molecule has 0 aliphatic rings. The molecule has 8 nitrogen and oxygen atoms in total. The Bertz CT molecular complexity index is 855. The van der Waals surface area contributed by atoms with Crippen molar-refractivity contribution in [3.8, 4) is 0 Å². The van der Waals surface area contributed by atoms with Crippen LogP contribution in [0.1, 0.15) is 10.4 Å². The molecule has 1 aromatic heterocycles. The van der Waals surface area contributed by atoms with E-state index < -0.39 is 15.9 Å². The fourth-order valence-corrected chi connectivity index (χ4v) is 2.56. The van der Waals surface area contributed by atoms with E-state index in [2.05, 4.69) is 4.99 Å². The molecule has 9 heteroatoms. The first-order chi connectivity index (χ1) is 10.4. The quantitative estimate of drug-likeness (QED) is 0.379. The van der Waals surface area contributed by atoms with Crippen molar-refractivity contribution in [3.63, 3.8) is 0 Å². The Morgan fingerprint density at radius 2 is 1.91 bits per heavy atom. The van der Waals surface area contributed by atoms with Crippen molar-refractivity contribution in [3.05, 3.63) is 59.6 Å². The Morgan fingerprint density at radius 1 is 1.23 bits per heavy atom. The van der Waals surface area contributed by atoms with Crippen LogP contribution in [0.4, 0.5) is 5.69 Å². The largest absolute Gasteiger partial charge is 0.619 e. The van der Waals surface area contributed by atoms with Gasteiger partial charge in [0.05, 0.1) is 10.6 Å². The molecule has 0 saturated heterocycles. The smallest absolute Gasteiger partial charge is 0.271 e. The van der Waals surface area contributed by atoms with Crippen LogP contribution in [0.3, 0.4) is 0 Å². The summed E-state index contributed by atoms with van der Waals surface area (Å²) in [6.07, 6.45) is 3.44. The number of pyridine rings is 1. The average molecular weight is 319 g/mol. The van der Waals surface area contributed by atoms with E-state index in [4.69, 9.17) is 0 Å². The summed E-state index contributed by atoms with van der Waals surface area (Å²) in [4.78, 5) is 25.1. The molecule has 1 aromatic carbocycles. The fraction of sp³-hybridized carbons (Fsp3) is 0. The molecule has 0 spiro atoms. The van der Waals surface area contributed by atoms with Gasteiger partial charge in [0.2, 0.25) is 6.08 Å². The third-order valence-electron chi connectivity index (χ3n) is 2.59. The molecule has 2 aromatic rings. The molecule has 0 unspecified atom stereocenters. The van der Waals surface area contributed by atoms with Gasteiger partial charge in [-0.05, 0) is 30.3 Å². The van der Waals surface area contributed by atoms with Crippen LogP contribution in [-0.2, 0) is 14.8 Å². The van der Waals surface area contributed by atoms with E-state index in [1.807, 2.05) is 4.72 Å². The van der Waals surface area contributed by atoms with Crippen LogP contribution >= 0.6 is 0 Å². The molecule has 0 aliphatic carbocycles. The van der Waals surface area contributed by atoms with Crippen molar-refractivity contribution in [2.45, 2.75) is 4.90 Å². The molecule has 22 heavy (non-hydrogen) atoms. The zero-order valence-corrected chi connectivity index (χ0v) is 11.8. The maximum atomic E-state index is 12.0. The van der Waals surface area contributed by atoms with Crippen LogP contribution in [-0.4, -0.2) is 20.4 Å². The SMILES string of the molecule is O=C=Nc1ccc(S(=O)(=O)NC(=O)c2ccc[n+]([O-])c2)cc1. The van der Waals surface area contributed by atoms with Crippen LogP contribution in [0.5, 0.6) is 0 Å². The second-order valence-corrected chi connectivity index (χ2v) is 5.77. The number of isocyanates is 1. The highest BCUT2D eigenvalue weighted by molar-refractivity contribution is 7.90. The number of benzene rings is 1. The zero-order chi connectivity index (χ0) is 16.2. The maximum absolute atomic E-state index is 12.0. The number of hydrogen-bond acceptors (Lipinski definition) is 6. The lowest BCUT2D eigenvalue weighted by atomic mass is 10.3. The molecule has 2 rings (SSSR count). The summed E-state index contributed by atoms with van der Waals surface area (Å²) in [6, 6.07) is 7.58. The monoisotopic (exact) mass is 319 g/mol. The number of aromatic nitrogens is 1. The third kappa shape index (κ3) is 3.54. The summed E-state index contributed by atoms with van der Waals surface area (Å²) < 4.78 is 26.3.